The van der Waals surface area contributed by atoms with Gasteiger partial charge in [-0.2, -0.15) is 13.2 Å². The maximum atomic E-state index is 12.1. The maximum absolute atomic E-state index is 12.1. The summed E-state index contributed by atoms with van der Waals surface area (Å²) in [6.45, 7) is 0. The molecule has 1 aromatic rings. The summed E-state index contributed by atoms with van der Waals surface area (Å²) in [6.07, 6.45) is -3.15. The maximum Gasteiger partial charge on any atom is 0.407 e. The number of nitrogens with two attached hydrogens (primary N) is 1. The van der Waals surface area contributed by atoms with Crippen LogP contribution in [0.15, 0.2) is 22.9 Å². The highest BCUT2D eigenvalue weighted by Gasteiger charge is 2.37. The van der Waals surface area contributed by atoms with Gasteiger partial charge in [0.1, 0.15) is 10.6 Å². The van der Waals surface area contributed by atoms with Crippen molar-refractivity contribution in [1.29, 1.82) is 0 Å². The molecule has 0 aliphatic heterocycles. The third-order valence-corrected chi connectivity index (χ3v) is 1.90. The average molecular weight is 291 g/mol. The minimum atomic E-state index is -4.42. The molecule has 0 saturated carbocycles. The Bertz CT molecular complexity index is 305. The number of nitrogens with zero attached hydrogens (tertiary/aromatic N) is 1. The first-order chi connectivity index (χ1) is 5.91. The molecule has 1 heterocycles. The first kappa shape index (κ1) is 13.7. The van der Waals surface area contributed by atoms with Crippen molar-refractivity contribution in [3.05, 3.63) is 28.5 Å². The minimum Gasteiger partial charge on any atom is -0.316 e. The van der Waals surface area contributed by atoms with Crippen LogP contribution in [0.4, 0.5) is 13.2 Å². The number of alkyl halides is 3. The Morgan fingerprint density at radius 2 is 2.00 bits per heavy atom. The molecule has 0 amide bonds. The molecule has 2 N–H and O–H groups in total. The van der Waals surface area contributed by atoms with Crippen LogP contribution in [-0.4, -0.2) is 11.2 Å². The van der Waals surface area contributed by atoms with E-state index in [1.54, 1.807) is 0 Å². The van der Waals surface area contributed by atoms with Crippen LogP contribution >= 0.6 is 28.3 Å². The van der Waals surface area contributed by atoms with Gasteiger partial charge in [0.25, 0.3) is 0 Å². The second kappa shape index (κ2) is 4.95. The van der Waals surface area contributed by atoms with Gasteiger partial charge in [-0.1, -0.05) is 0 Å². The van der Waals surface area contributed by atoms with E-state index in [2.05, 4.69) is 20.9 Å². The Hall–Kier alpha value is -0.330. The molecule has 7 heteroatoms. The molecule has 0 radical (unpaired) electrons. The van der Waals surface area contributed by atoms with E-state index >= 15 is 0 Å². The highest BCUT2D eigenvalue weighted by atomic mass is 79.9. The van der Waals surface area contributed by atoms with Gasteiger partial charge in [0, 0.05) is 6.20 Å². The second-order valence-corrected chi connectivity index (χ2v) is 3.24. The van der Waals surface area contributed by atoms with Gasteiger partial charge in [-0.15, -0.1) is 12.4 Å². The first-order valence-corrected chi connectivity index (χ1v) is 4.14. The molecule has 1 atom stereocenters. The Kier molecular flexibility index (Phi) is 4.83. The van der Waals surface area contributed by atoms with E-state index in [0.29, 0.717) is 4.60 Å². The van der Waals surface area contributed by atoms with Crippen LogP contribution < -0.4 is 5.73 Å². The number of halogens is 5. The van der Waals surface area contributed by atoms with Crippen LogP contribution in [0.25, 0.3) is 0 Å². The SMILES string of the molecule is Cl.N[C@H](c1ccnc(Br)c1)C(F)(F)F. The molecular weight excluding hydrogens is 284 g/mol. The molecule has 0 bridgehead atoms. The zero-order chi connectivity index (χ0) is 10.1. The van der Waals surface area contributed by atoms with E-state index < -0.39 is 12.2 Å². The standard InChI is InChI=1S/C7H6BrF3N2.ClH/c8-5-3-4(1-2-13-5)6(12)7(9,10)11;/h1-3,6H,12H2;1H/t6-;/m1./s1. The molecule has 2 nitrogen and oxygen atoms in total. The van der Waals surface area contributed by atoms with Gasteiger partial charge in [0.05, 0.1) is 0 Å². The summed E-state index contributed by atoms with van der Waals surface area (Å²) in [5.74, 6) is 0. The van der Waals surface area contributed by atoms with Crippen molar-refractivity contribution in [2.45, 2.75) is 12.2 Å². The number of pyridine rings is 1. The van der Waals surface area contributed by atoms with Crippen molar-refractivity contribution >= 4 is 28.3 Å². The van der Waals surface area contributed by atoms with E-state index in [4.69, 9.17) is 5.73 Å². The fourth-order valence-electron chi connectivity index (χ4n) is 0.800. The third-order valence-electron chi connectivity index (χ3n) is 1.46. The molecule has 0 aromatic carbocycles. The summed E-state index contributed by atoms with van der Waals surface area (Å²) in [4.78, 5) is 3.70. The van der Waals surface area contributed by atoms with Crippen molar-refractivity contribution in [3.63, 3.8) is 0 Å². The molecule has 0 aliphatic rings. The zero-order valence-corrected chi connectivity index (χ0v) is 9.16. The number of hydrogen-bond acceptors (Lipinski definition) is 2. The minimum absolute atomic E-state index is 0. The van der Waals surface area contributed by atoms with Crippen LogP contribution in [0.5, 0.6) is 0 Å². The largest absolute Gasteiger partial charge is 0.407 e. The van der Waals surface area contributed by atoms with Gasteiger partial charge in [0.15, 0.2) is 0 Å². The van der Waals surface area contributed by atoms with Gasteiger partial charge < -0.3 is 5.73 Å². The lowest BCUT2D eigenvalue weighted by Gasteiger charge is -2.15. The van der Waals surface area contributed by atoms with Crippen LogP contribution in [0.2, 0.25) is 0 Å². The first-order valence-electron chi connectivity index (χ1n) is 3.35. The van der Waals surface area contributed by atoms with E-state index in [-0.39, 0.29) is 18.0 Å². The van der Waals surface area contributed by atoms with Crippen LogP contribution in [-0.2, 0) is 0 Å². The Balaban J connectivity index is 0.00000169. The summed E-state index contributed by atoms with van der Waals surface area (Å²) in [5.41, 5.74) is 4.96. The normalized spacial score (nSPS) is 13.2. The Labute approximate surface area is 93.2 Å². The molecule has 0 aliphatic carbocycles. The Morgan fingerprint density at radius 3 is 2.43 bits per heavy atom. The van der Waals surface area contributed by atoms with Gasteiger partial charge in [-0.3, -0.25) is 0 Å². The van der Waals surface area contributed by atoms with Crippen molar-refractivity contribution in [3.8, 4) is 0 Å². The highest BCUT2D eigenvalue weighted by molar-refractivity contribution is 9.10. The monoisotopic (exact) mass is 290 g/mol. The highest BCUT2D eigenvalue weighted by Crippen LogP contribution is 2.30. The molecule has 0 fully saturated rings. The van der Waals surface area contributed by atoms with Gasteiger partial charge in [0.2, 0.25) is 0 Å². The summed E-state index contributed by atoms with van der Waals surface area (Å²) in [7, 11) is 0. The van der Waals surface area contributed by atoms with Crippen molar-refractivity contribution in [2.24, 2.45) is 5.73 Å². The van der Waals surface area contributed by atoms with Crippen LogP contribution in [0.3, 0.4) is 0 Å². The number of aromatic nitrogens is 1. The Morgan fingerprint density at radius 1 is 1.43 bits per heavy atom. The molecule has 14 heavy (non-hydrogen) atoms. The van der Waals surface area contributed by atoms with Crippen LogP contribution in [0.1, 0.15) is 11.6 Å². The number of hydrogen-bond donors (Lipinski definition) is 1. The second-order valence-electron chi connectivity index (χ2n) is 2.43. The van der Waals surface area contributed by atoms with Crippen LogP contribution in [0, 0.1) is 0 Å². The van der Waals surface area contributed by atoms with Gasteiger partial charge in [-0.05, 0) is 33.6 Å². The van der Waals surface area contributed by atoms with Crippen molar-refractivity contribution in [2.75, 3.05) is 0 Å². The lowest BCUT2D eigenvalue weighted by atomic mass is 10.1. The van der Waals surface area contributed by atoms with Crippen molar-refractivity contribution < 1.29 is 13.2 Å². The lowest BCUT2D eigenvalue weighted by molar-refractivity contribution is -0.149. The van der Waals surface area contributed by atoms with E-state index in [1.807, 2.05) is 0 Å². The smallest absolute Gasteiger partial charge is 0.316 e. The fourth-order valence-corrected chi connectivity index (χ4v) is 1.18. The zero-order valence-electron chi connectivity index (χ0n) is 6.75. The topological polar surface area (TPSA) is 38.9 Å². The summed E-state index contributed by atoms with van der Waals surface area (Å²) in [5, 5.41) is 0. The molecule has 1 aromatic heterocycles. The van der Waals surface area contributed by atoms with Gasteiger partial charge in [-0.25, -0.2) is 4.98 Å². The third kappa shape index (κ3) is 3.43. The predicted molar refractivity (Wildman–Crippen MR) is 52.2 cm³/mol. The molecule has 80 valence electrons. The molecular formula is C7H7BrClF3N2. The fraction of sp³-hybridized carbons (Fsp3) is 0.286. The summed E-state index contributed by atoms with van der Waals surface area (Å²) in [6, 6.07) is 0.535. The quantitative estimate of drug-likeness (QED) is 0.808. The van der Waals surface area contributed by atoms with Crippen molar-refractivity contribution in [1.82, 2.24) is 4.98 Å². The molecule has 0 unspecified atom stereocenters. The van der Waals surface area contributed by atoms with E-state index in [0.717, 1.165) is 0 Å². The van der Waals surface area contributed by atoms with Gasteiger partial charge >= 0.3 is 6.18 Å². The molecule has 0 saturated heterocycles. The lowest BCUT2D eigenvalue weighted by Crippen LogP contribution is -2.28. The summed E-state index contributed by atoms with van der Waals surface area (Å²) < 4.78 is 36.7. The summed E-state index contributed by atoms with van der Waals surface area (Å²) >= 11 is 2.96. The van der Waals surface area contributed by atoms with E-state index in [9.17, 15) is 13.2 Å². The number of rotatable bonds is 1. The van der Waals surface area contributed by atoms with E-state index in [1.165, 1.54) is 18.3 Å². The molecule has 0 spiro atoms. The predicted octanol–water partition coefficient (Wildman–Crippen LogP) is 2.83. The average Bonchev–Trinajstić information content (AvgIpc) is 2.01. The molecule has 1 rings (SSSR count).